The second kappa shape index (κ2) is 15.4. The van der Waals surface area contributed by atoms with Gasteiger partial charge in [0.2, 0.25) is 11.1 Å². The zero-order chi connectivity index (χ0) is 31.8. The molecule has 9 nitrogen and oxygen atoms in total. The molecule has 2 N–H and O–H groups in total. The average molecular weight is 693 g/mol. The Hall–Kier alpha value is -3.96. The maximum Gasteiger partial charge on any atom is 0.255 e. The molecule has 1 aliphatic rings. The van der Waals surface area contributed by atoms with Crippen LogP contribution in [0.2, 0.25) is 0 Å². The quantitative estimate of drug-likeness (QED) is 0.102. The van der Waals surface area contributed by atoms with Crippen LogP contribution in [0.3, 0.4) is 0 Å². The number of unbranched alkanes of at least 4 members (excludes halogenated alkanes) is 1. The molecule has 0 saturated heterocycles. The highest BCUT2D eigenvalue weighted by molar-refractivity contribution is 9.10. The second-order valence-electron chi connectivity index (χ2n) is 10.4. The molecule has 1 unspecified atom stereocenters. The standard InChI is InChI=1S/C34H38BrN5O4S/c1-5-7-19-45-34-38-33-36-22(3)29(32(41)37-26-15-11-12-16-27(26)43-6-2)30(40(33)39-34)24-20-25(35)31(28(21-24)42-4)44-18-17-23-13-9-8-10-14-23/h8-16,20-21,30H,5-7,17-19H2,1-4H3,(H,37,41)(H,36,38,39). The van der Waals surface area contributed by atoms with Crippen LogP contribution in [-0.4, -0.2) is 46.7 Å². The molecular weight excluding hydrogens is 654 g/mol. The van der Waals surface area contributed by atoms with Crippen molar-refractivity contribution in [1.82, 2.24) is 14.8 Å². The smallest absolute Gasteiger partial charge is 0.255 e. The molecule has 0 fully saturated rings. The van der Waals surface area contributed by atoms with Gasteiger partial charge in [0.1, 0.15) is 11.8 Å². The number of halogens is 1. The Bertz CT molecular complexity index is 1660. The van der Waals surface area contributed by atoms with Gasteiger partial charge in [-0.15, -0.1) is 5.10 Å². The Labute approximate surface area is 276 Å². The van der Waals surface area contributed by atoms with Crippen molar-refractivity contribution >= 4 is 45.2 Å². The molecule has 4 aromatic rings. The number of carbonyl (C=O) groups excluding carboxylic acids is 1. The van der Waals surface area contributed by atoms with E-state index in [9.17, 15) is 4.79 Å². The number of allylic oxidation sites excluding steroid dienone is 1. The first-order valence-electron chi connectivity index (χ1n) is 15.1. The van der Waals surface area contributed by atoms with Gasteiger partial charge in [-0.25, -0.2) is 4.68 Å². The molecule has 1 aliphatic heterocycles. The van der Waals surface area contributed by atoms with Gasteiger partial charge in [-0.2, -0.15) is 4.98 Å². The molecule has 2 heterocycles. The van der Waals surface area contributed by atoms with Gasteiger partial charge in [0.25, 0.3) is 5.91 Å². The number of hydrogen-bond acceptors (Lipinski definition) is 8. The molecule has 1 atom stereocenters. The summed E-state index contributed by atoms with van der Waals surface area (Å²) in [6.45, 7) is 6.91. The topological polar surface area (TPSA) is 99.5 Å². The first kappa shape index (κ1) is 32.4. The van der Waals surface area contributed by atoms with Crippen molar-refractivity contribution in [2.24, 2.45) is 0 Å². The highest BCUT2D eigenvalue weighted by Crippen LogP contribution is 2.43. The minimum Gasteiger partial charge on any atom is -0.493 e. The van der Waals surface area contributed by atoms with Crippen LogP contribution in [0, 0.1) is 0 Å². The molecule has 3 aromatic carbocycles. The summed E-state index contributed by atoms with van der Waals surface area (Å²) in [6.07, 6.45) is 2.90. The normalized spacial score (nSPS) is 14.0. The van der Waals surface area contributed by atoms with E-state index in [1.807, 2.05) is 68.4 Å². The number of benzene rings is 3. The molecule has 0 spiro atoms. The van der Waals surface area contributed by atoms with E-state index in [2.05, 4.69) is 45.6 Å². The molecule has 0 radical (unpaired) electrons. The number of fused-ring (bicyclic) bond motifs is 1. The molecule has 5 rings (SSSR count). The fourth-order valence-corrected chi connectivity index (χ4v) is 6.58. The van der Waals surface area contributed by atoms with Crippen LogP contribution in [0.4, 0.5) is 11.6 Å². The molecular formula is C34H38BrN5O4S. The first-order chi connectivity index (χ1) is 21.9. The molecule has 0 bridgehead atoms. The van der Waals surface area contributed by atoms with Gasteiger partial charge in [-0.3, -0.25) is 4.79 Å². The fourth-order valence-electron chi connectivity index (χ4n) is 5.10. The summed E-state index contributed by atoms with van der Waals surface area (Å²) in [6, 6.07) is 20.9. The number of rotatable bonds is 14. The molecule has 1 aromatic heterocycles. The van der Waals surface area contributed by atoms with E-state index < -0.39 is 6.04 Å². The van der Waals surface area contributed by atoms with Crippen LogP contribution in [0.25, 0.3) is 0 Å². The molecule has 0 aliphatic carbocycles. The van der Waals surface area contributed by atoms with Gasteiger partial charge in [-0.1, -0.05) is 67.6 Å². The van der Waals surface area contributed by atoms with Gasteiger partial charge in [0.05, 0.1) is 36.1 Å². The number of hydrogen-bond donors (Lipinski definition) is 2. The van der Waals surface area contributed by atoms with Crippen LogP contribution in [0.5, 0.6) is 17.2 Å². The number of amides is 1. The van der Waals surface area contributed by atoms with E-state index >= 15 is 0 Å². The molecule has 45 heavy (non-hydrogen) atoms. The Balaban J connectivity index is 1.51. The number of ether oxygens (including phenoxy) is 3. The zero-order valence-electron chi connectivity index (χ0n) is 25.9. The lowest BCUT2D eigenvalue weighted by molar-refractivity contribution is -0.113. The summed E-state index contributed by atoms with van der Waals surface area (Å²) in [5.41, 5.74) is 3.73. The number of para-hydroxylation sites is 2. The van der Waals surface area contributed by atoms with E-state index in [1.54, 1.807) is 23.6 Å². The summed E-state index contributed by atoms with van der Waals surface area (Å²) in [7, 11) is 1.61. The Kier molecular flexibility index (Phi) is 11.1. The summed E-state index contributed by atoms with van der Waals surface area (Å²) in [5.74, 6) is 2.94. The first-order valence-corrected chi connectivity index (χ1v) is 16.9. The largest absolute Gasteiger partial charge is 0.493 e. The van der Waals surface area contributed by atoms with Gasteiger partial charge in [0.15, 0.2) is 11.5 Å². The van der Waals surface area contributed by atoms with Crippen LogP contribution in [0.15, 0.2) is 87.6 Å². The molecule has 11 heteroatoms. The van der Waals surface area contributed by atoms with Gasteiger partial charge >= 0.3 is 0 Å². The van der Waals surface area contributed by atoms with Crippen molar-refractivity contribution in [2.45, 2.75) is 51.2 Å². The second-order valence-corrected chi connectivity index (χ2v) is 12.3. The monoisotopic (exact) mass is 691 g/mol. The Morgan fingerprint density at radius 3 is 2.60 bits per heavy atom. The average Bonchev–Trinajstić information content (AvgIpc) is 3.44. The highest BCUT2D eigenvalue weighted by atomic mass is 79.9. The van der Waals surface area contributed by atoms with E-state index in [1.165, 1.54) is 5.56 Å². The van der Waals surface area contributed by atoms with Gasteiger partial charge < -0.3 is 24.8 Å². The third kappa shape index (κ3) is 7.65. The van der Waals surface area contributed by atoms with Gasteiger partial charge in [0, 0.05) is 17.9 Å². The van der Waals surface area contributed by atoms with Crippen molar-refractivity contribution in [3.8, 4) is 17.2 Å². The van der Waals surface area contributed by atoms with Gasteiger partial charge in [-0.05, 0) is 71.6 Å². The number of nitrogens with one attached hydrogen (secondary N) is 2. The lowest BCUT2D eigenvalue weighted by Gasteiger charge is -2.29. The third-order valence-electron chi connectivity index (χ3n) is 7.29. The molecule has 0 saturated carbocycles. The number of aromatic nitrogens is 3. The fraction of sp³-hybridized carbons (Fsp3) is 0.324. The SMILES string of the molecule is CCCCSc1nc2n(n1)C(c1cc(Br)c(OCCc3ccccc3)c(OC)c1)C(C(=O)Nc1ccccc1OCC)=C(C)N2. The predicted octanol–water partition coefficient (Wildman–Crippen LogP) is 7.89. The van der Waals surface area contributed by atoms with Crippen molar-refractivity contribution in [3.05, 3.63) is 93.6 Å². The Morgan fingerprint density at radius 1 is 1.07 bits per heavy atom. The van der Waals surface area contributed by atoms with E-state index in [0.29, 0.717) is 63.0 Å². The van der Waals surface area contributed by atoms with Crippen molar-refractivity contribution in [1.29, 1.82) is 0 Å². The van der Waals surface area contributed by atoms with E-state index in [0.717, 1.165) is 30.6 Å². The van der Waals surface area contributed by atoms with Crippen LogP contribution in [0.1, 0.15) is 50.8 Å². The van der Waals surface area contributed by atoms with Crippen molar-refractivity contribution < 1.29 is 19.0 Å². The maximum atomic E-state index is 14.1. The van der Waals surface area contributed by atoms with Crippen molar-refractivity contribution in [2.75, 3.05) is 36.7 Å². The number of carbonyl (C=O) groups is 1. The maximum absolute atomic E-state index is 14.1. The minimum absolute atomic E-state index is 0.281. The van der Waals surface area contributed by atoms with Crippen molar-refractivity contribution in [3.63, 3.8) is 0 Å². The number of anilines is 2. The molecule has 1 amide bonds. The minimum atomic E-state index is -0.600. The molecule has 236 valence electrons. The highest BCUT2D eigenvalue weighted by Gasteiger charge is 2.35. The van der Waals surface area contributed by atoms with Crippen LogP contribution in [-0.2, 0) is 11.2 Å². The summed E-state index contributed by atoms with van der Waals surface area (Å²) >= 11 is 5.33. The number of thioether (sulfide) groups is 1. The lowest BCUT2D eigenvalue weighted by Crippen LogP contribution is -2.31. The van der Waals surface area contributed by atoms with E-state index in [4.69, 9.17) is 24.3 Å². The van der Waals surface area contributed by atoms with Crippen LogP contribution >= 0.6 is 27.7 Å². The predicted molar refractivity (Wildman–Crippen MR) is 183 cm³/mol. The number of methoxy groups -OCH3 is 1. The van der Waals surface area contributed by atoms with E-state index in [-0.39, 0.29) is 5.91 Å². The lowest BCUT2D eigenvalue weighted by atomic mass is 9.94. The zero-order valence-corrected chi connectivity index (χ0v) is 28.3. The number of nitrogens with zero attached hydrogens (tertiary/aromatic N) is 3. The summed E-state index contributed by atoms with van der Waals surface area (Å²) < 4.78 is 20.3. The summed E-state index contributed by atoms with van der Waals surface area (Å²) in [5, 5.41) is 11.9. The Morgan fingerprint density at radius 2 is 1.84 bits per heavy atom. The van der Waals surface area contributed by atoms with Crippen LogP contribution < -0.4 is 24.8 Å². The summed E-state index contributed by atoms with van der Waals surface area (Å²) in [4.78, 5) is 18.9. The third-order valence-corrected chi connectivity index (χ3v) is 8.80.